The number of rotatable bonds is 14. The number of nitrogens with one attached hydrogen (secondary N) is 1. The van der Waals surface area contributed by atoms with E-state index in [9.17, 15) is 4.79 Å². The number of carbonyl (C=O) groups excluding carboxylic acids is 1. The molecule has 0 unspecified atom stereocenters. The predicted molar refractivity (Wildman–Crippen MR) is 122 cm³/mol. The fourth-order valence-electron chi connectivity index (χ4n) is 3.10. The average molecular weight is 411 g/mol. The summed E-state index contributed by atoms with van der Waals surface area (Å²) in [4.78, 5) is 11.9. The molecule has 0 atom stereocenters. The minimum Gasteiger partial charge on any atom is -0.493 e. The lowest BCUT2D eigenvalue weighted by molar-refractivity contribution is -0.121. The maximum atomic E-state index is 11.9. The van der Waals surface area contributed by atoms with E-state index >= 15 is 0 Å². The van der Waals surface area contributed by atoms with Crippen molar-refractivity contribution in [2.24, 2.45) is 5.10 Å². The van der Waals surface area contributed by atoms with E-state index in [1.165, 1.54) is 32.1 Å². The molecule has 0 saturated carbocycles. The summed E-state index contributed by atoms with van der Waals surface area (Å²) in [5, 5.41) is 4.06. The lowest BCUT2D eigenvalue weighted by atomic mass is 10.1. The van der Waals surface area contributed by atoms with E-state index in [4.69, 9.17) is 9.47 Å². The van der Waals surface area contributed by atoms with Crippen molar-refractivity contribution in [3.8, 4) is 11.5 Å². The molecule has 5 nitrogen and oxygen atoms in total. The van der Waals surface area contributed by atoms with Crippen molar-refractivity contribution in [1.29, 1.82) is 0 Å². The Morgan fingerprint density at radius 1 is 0.967 bits per heavy atom. The van der Waals surface area contributed by atoms with Crippen molar-refractivity contribution >= 4 is 12.1 Å². The SMILES string of the molecule is CCCCCCCCCC(=O)N/N=C/c1ccc(OCc2ccccc2)c(OC)c1. The summed E-state index contributed by atoms with van der Waals surface area (Å²) >= 11 is 0. The molecule has 0 heterocycles. The number of carbonyl (C=O) groups is 1. The molecule has 1 amide bonds. The molecule has 5 heteroatoms. The third kappa shape index (κ3) is 9.12. The van der Waals surface area contributed by atoms with Crippen LogP contribution >= 0.6 is 0 Å². The second kappa shape index (κ2) is 14.2. The molecular formula is C25H34N2O3. The van der Waals surface area contributed by atoms with Gasteiger partial charge in [0.2, 0.25) is 5.91 Å². The normalized spacial score (nSPS) is 10.9. The summed E-state index contributed by atoms with van der Waals surface area (Å²) in [7, 11) is 1.61. The summed E-state index contributed by atoms with van der Waals surface area (Å²) in [6.07, 6.45) is 10.5. The zero-order valence-corrected chi connectivity index (χ0v) is 18.2. The smallest absolute Gasteiger partial charge is 0.240 e. The molecule has 0 spiro atoms. The zero-order valence-electron chi connectivity index (χ0n) is 18.2. The molecule has 0 bridgehead atoms. The van der Waals surface area contributed by atoms with Crippen molar-refractivity contribution in [3.05, 3.63) is 59.7 Å². The molecule has 0 aromatic heterocycles. The number of nitrogens with zero attached hydrogens (tertiary/aromatic N) is 1. The molecule has 2 aromatic carbocycles. The van der Waals surface area contributed by atoms with Gasteiger partial charge >= 0.3 is 0 Å². The van der Waals surface area contributed by atoms with Crippen LogP contribution in [0.3, 0.4) is 0 Å². The third-order valence-electron chi connectivity index (χ3n) is 4.84. The van der Waals surface area contributed by atoms with Gasteiger partial charge in [0.1, 0.15) is 6.61 Å². The van der Waals surface area contributed by atoms with Gasteiger partial charge in [0.05, 0.1) is 13.3 Å². The Balaban J connectivity index is 1.73. The van der Waals surface area contributed by atoms with Crippen LogP contribution in [-0.4, -0.2) is 19.2 Å². The summed E-state index contributed by atoms with van der Waals surface area (Å²) in [6.45, 7) is 2.69. The van der Waals surface area contributed by atoms with Crippen molar-refractivity contribution in [1.82, 2.24) is 5.43 Å². The van der Waals surface area contributed by atoms with Crippen LogP contribution in [0.25, 0.3) is 0 Å². The van der Waals surface area contributed by atoms with E-state index < -0.39 is 0 Å². The van der Waals surface area contributed by atoms with E-state index in [2.05, 4.69) is 17.5 Å². The van der Waals surface area contributed by atoms with E-state index in [0.29, 0.717) is 24.5 Å². The molecule has 0 radical (unpaired) electrons. The van der Waals surface area contributed by atoms with Gasteiger partial charge in [-0.2, -0.15) is 5.10 Å². The fraction of sp³-hybridized carbons (Fsp3) is 0.440. The number of amides is 1. The molecule has 1 N–H and O–H groups in total. The average Bonchev–Trinajstić information content (AvgIpc) is 2.78. The van der Waals surface area contributed by atoms with Gasteiger partial charge in [0.15, 0.2) is 11.5 Å². The van der Waals surface area contributed by atoms with E-state index in [-0.39, 0.29) is 5.91 Å². The van der Waals surface area contributed by atoms with Crippen molar-refractivity contribution in [2.45, 2.75) is 64.9 Å². The number of hydrogen-bond donors (Lipinski definition) is 1. The summed E-state index contributed by atoms with van der Waals surface area (Å²) in [6, 6.07) is 15.6. The first-order chi connectivity index (χ1) is 14.7. The highest BCUT2D eigenvalue weighted by molar-refractivity contribution is 5.83. The molecule has 162 valence electrons. The quantitative estimate of drug-likeness (QED) is 0.241. The largest absolute Gasteiger partial charge is 0.493 e. The van der Waals surface area contributed by atoms with Gasteiger partial charge in [-0.25, -0.2) is 5.43 Å². The van der Waals surface area contributed by atoms with Crippen LogP contribution in [0.2, 0.25) is 0 Å². The fourth-order valence-corrected chi connectivity index (χ4v) is 3.10. The molecule has 2 rings (SSSR count). The van der Waals surface area contributed by atoms with Crippen LogP contribution in [-0.2, 0) is 11.4 Å². The van der Waals surface area contributed by atoms with Gasteiger partial charge in [-0.1, -0.05) is 75.8 Å². The third-order valence-corrected chi connectivity index (χ3v) is 4.84. The Kier molecular flexibility index (Phi) is 11.1. The molecule has 2 aromatic rings. The van der Waals surface area contributed by atoms with E-state index in [1.54, 1.807) is 13.3 Å². The highest BCUT2D eigenvalue weighted by atomic mass is 16.5. The lowest BCUT2D eigenvalue weighted by Crippen LogP contribution is -2.16. The van der Waals surface area contributed by atoms with Crippen LogP contribution < -0.4 is 14.9 Å². The Morgan fingerprint density at radius 3 is 2.43 bits per heavy atom. The molecule has 0 aliphatic heterocycles. The number of benzene rings is 2. The van der Waals surface area contributed by atoms with Gasteiger partial charge in [-0.05, 0) is 35.7 Å². The summed E-state index contributed by atoms with van der Waals surface area (Å²) < 4.78 is 11.3. The van der Waals surface area contributed by atoms with Crippen molar-refractivity contribution < 1.29 is 14.3 Å². The van der Waals surface area contributed by atoms with E-state index in [1.807, 2.05) is 48.5 Å². The minimum atomic E-state index is -0.0467. The maximum absolute atomic E-state index is 11.9. The first kappa shape index (κ1) is 23.5. The van der Waals surface area contributed by atoms with Crippen LogP contribution in [0.5, 0.6) is 11.5 Å². The van der Waals surface area contributed by atoms with Crippen LogP contribution in [0, 0.1) is 0 Å². The molecule has 30 heavy (non-hydrogen) atoms. The summed E-state index contributed by atoms with van der Waals surface area (Å²) in [5.74, 6) is 1.25. The molecular weight excluding hydrogens is 376 g/mol. The number of ether oxygens (including phenoxy) is 2. The van der Waals surface area contributed by atoms with Gasteiger partial charge in [-0.3, -0.25) is 4.79 Å². The minimum absolute atomic E-state index is 0.0467. The lowest BCUT2D eigenvalue weighted by Gasteiger charge is -2.11. The number of hydrogen-bond acceptors (Lipinski definition) is 4. The zero-order chi connectivity index (χ0) is 21.4. The first-order valence-electron chi connectivity index (χ1n) is 10.9. The Morgan fingerprint density at radius 2 is 1.70 bits per heavy atom. The predicted octanol–water partition coefficient (Wildman–Crippen LogP) is 5.87. The van der Waals surface area contributed by atoms with Gasteiger partial charge < -0.3 is 9.47 Å². The number of hydrazone groups is 1. The number of methoxy groups -OCH3 is 1. The van der Waals surface area contributed by atoms with Crippen LogP contribution in [0.15, 0.2) is 53.6 Å². The first-order valence-corrected chi connectivity index (χ1v) is 10.9. The molecule has 0 aliphatic carbocycles. The molecule has 0 aliphatic rings. The van der Waals surface area contributed by atoms with Crippen LogP contribution in [0.1, 0.15) is 69.4 Å². The van der Waals surface area contributed by atoms with Gasteiger partial charge in [0.25, 0.3) is 0 Å². The van der Waals surface area contributed by atoms with Crippen molar-refractivity contribution in [3.63, 3.8) is 0 Å². The summed E-state index contributed by atoms with van der Waals surface area (Å²) in [5.41, 5.74) is 4.52. The monoisotopic (exact) mass is 410 g/mol. The van der Waals surface area contributed by atoms with E-state index in [0.717, 1.165) is 24.0 Å². The van der Waals surface area contributed by atoms with Gasteiger partial charge in [-0.15, -0.1) is 0 Å². The molecule has 0 fully saturated rings. The Labute approximate surface area is 180 Å². The second-order valence-electron chi connectivity index (χ2n) is 7.35. The van der Waals surface area contributed by atoms with Gasteiger partial charge in [0, 0.05) is 6.42 Å². The van der Waals surface area contributed by atoms with Crippen molar-refractivity contribution in [2.75, 3.05) is 7.11 Å². The Bertz CT molecular complexity index is 775. The number of unbranched alkanes of at least 4 members (excludes halogenated alkanes) is 6. The second-order valence-corrected chi connectivity index (χ2v) is 7.35. The van der Waals surface area contributed by atoms with Crippen LogP contribution in [0.4, 0.5) is 0 Å². The topological polar surface area (TPSA) is 59.9 Å². The Hall–Kier alpha value is -2.82. The maximum Gasteiger partial charge on any atom is 0.240 e. The highest BCUT2D eigenvalue weighted by Gasteiger charge is 2.06. The molecule has 0 saturated heterocycles. The standard InChI is InChI=1S/C25H34N2O3/c1-3-4-5-6-7-8-12-15-25(28)27-26-19-22-16-17-23(24(18-22)29-2)30-20-21-13-10-9-11-14-21/h9-11,13-14,16-19H,3-8,12,15,20H2,1-2H3,(H,27,28)/b26-19+. The highest BCUT2D eigenvalue weighted by Crippen LogP contribution is 2.28.